The molecule has 3 N–H and O–H groups in total. The van der Waals surface area contributed by atoms with Crippen LogP contribution in [0.15, 0.2) is 6.20 Å². The summed E-state index contributed by atoms with van der Waals surface area (Å²) < 4.78 is 0. The van der Waals surface area contributed by atoms with Crippen LogP contribution in [0.1, 0.15) is 25.1 Å². The lowest BCUT2D eigenvalue weighted by atomic mass is 10.2. The maximum absolute atomic E-state index is 11.8. The minimum absolute atomic E-state index is 0.174. The van der Waals surface area contributed by atoms with E-state index in [1.807, 2.05) is 6.92 Å². The van der Waals surface area contributed by atoms with Gasteiger partial charge in [-0.05, 0) is 20.8 Å². The molecule has 0 bridgehead atoms. The monoisotopic (exact) mass is 254 g/mol. The number of aryl methyl sites for hydroxylation is 1. The summed E-state index contributed by atoms with van der Waals surface area (Å²) in [4.78, 5) is 23.8. The number of nitrogens with one attached hydrogen (secondary N) is 2. The van der Waals surface area contributed by atoms with Gasteiger partial charge in [0.1, 0.15) is 6.54 Å². The number of carboxylic acids is 1. The molecule has 0 aliphatic heterocycles. The lowest BCUT2D eigenvalue weighted by molar-refractivity contribution is -0.138. The first-order chi connectivity index (χ1) is 8.41. The number of hydrogen-bond acceptors (Lipinski definition) is 3. The summed E-state index contributed by atoms with van der Waals surface area (Å²) in [7, 11) is 0. The van der Waals surface area contributed by atoms with E-state index in [1.54, 1.807) is 20.0 Å². The third-order valence-electron chi connectivity index (χ3n) is 2.55. The Balaban J connectivity index is 2.57. The molecule has 18 heavy (non-hydrogen) atoms. The van der Waals surface area contributed by atoms with E-state index < -0.39 is 12.0 Å². The lowest BCUT2D eigenvalue weighted by Crippen LogP contribution is -2.46. The van der Waals surface area contributed by atoms with E-state index in [0.717, 1.165) is 11.3 Å². The Labute approximate surface area is 105 Å². The van der Waals surface area contributed by atoms with E-state index in [-0.39, 0.29) is 12.6 Å². The zero-order chi connectivity index (χ0) is 13.7. The summed E-state index contributed by atoms with van der Waals surface area (Å²) >= 11 is 0. The predicted molar refractivity (Wildman–Crippen MR) is 65.0 cm³/mol. The second-order valence-electron chi connectivity index (χ2n) is 4.29. The van der Waals surface area contributed by atoms with Gasteiger partial charge in [-0.2, -0.15) is 5.10 Å². The number of aliphatic carboxylic acids is 1. The summed E-state index contributed by atoms with van der Waals surface area (Å²) in [5, 5.41) is 18.0. The molecule has 7 heteroatoms. The van der Waals surface area contributed by atoms with Crippen LogP contribution >= 0.6 is 0 Å². The molecule has 0 aliphatic rings. The van der Waals surface area contributed by atoms with Gasteiger partial charge in [0.05, 0.1) is 6.20 Å². The van der Waals surface area contributed by atoms with E-state index in [1.165, 1.54) is 4.90 Å². The summed E-state index contributed by atoms with van der Waals surface area (Å²) in [5.41, 5.74) is 1.76. The van der Waals surface area contributed by atoms with Crippen molar-refractivity contribution in [3.63, 3.8) is 0 Å². The topological polar surface area (TPSA) is 98.3 Å². The average molecular weight is 254 g/mol. The fraction of sp³-hybridized carbons (Fsp3) is 0.545. The molecular weight excluding hydrogens is 236 g/mol. The highest BCUT2D eigenvalue weighted by Crippen LogP contribution is 2.03. The molecule has 0 aliphatic carbocycles. The molecule has 2 amide bonds. The molecule has 1 aromatic heterocycles. The largest absolute Gasteiger partial charge is 0.480 e. The highest BCUT2D eigenvalue weighted by Gasteiger charge is 2.19. The Bertz CT molecular complexity index is 428. The van der Waals surface area contributed by atoms with Gasteiger partial charge < -0.3 is 15.3 Å². The first kappa shape index (κ1) is 14.0. The van der Waals surface area contributed by atoms with Gasteiger partial charge in [-0.1, -0.05) is 0 Å². The number of urea groups is 1. The van der Waals surface area contributed by atoms with Gasteiger partial charge in [0.15, 0.2) is 0 Å². The molecule has 0 unspecified atom stereocenters. The minimum atomic E-state index is -1.03. The number of H-pyrrole nitrogens is 1. The van der Waals surface area contributed by atoms with Crippen molar-refractivity contribution in [3.8, 4) is 0 Å². The van der Waals surface area contributed by atoms with Crippen LogP contribution in [0.4, 0.5) is 4.79 Å². The van der Waals surface area contributed by atoms with Gasteiger partial charge in [0.2, 0.25) is 0 Å². The van der Waals surface area contributed by atoms with E-state index in [4.69, 9.17) is 5.11 Å². The molecule has 0 spiro atoms. The lowest BCUT2D eigenvalue weighted by Gasteiger charge is -2.25. The van der Waals surface area contributed by atoms with E-state index in [9.17, 15) is 9.59 Å². The van der Waals surface area contributed by atoms with Gasteiger partial charge >= 0.3 is 12.0 Å². The van der Waals surface area contributed by atoms with Gasteiger partial charge in [0, 0.05) is 23.8 Å². The van der Waals surface area contributed by atoms with E-state index >= 15 is 0 Å². The van der Waals surface area contributed by atoms with Crippen LogP contribution in [0.5, 0.6) is 0 Å². The van der Waals surface area contributed by atoms with Crippen molar-refractivity contribution in [3.05, 3.63) is 17.5 Å². The van der Waals surface area contributed by atoms with Crippen molar-refractivity contribution in [2.75, 3.05) is 6.54 Å². The van der Waals surface area contributed by atoms with Gasteiger partial charge in [-0.3, -0.25) is 9.89 Å². The van der Waals surface area contributed by atoms with Crippen molar-refractivity contribution in [2.45, 2.75) is 33.4 Å². The van der Waals surface area contributed by atoms with Crippen molar-refractivity contribution < 1.29 is 14.7 Å². The Morgan fingerprint density at radius 3 is 2.67 bits per heavy atom. The second-order valence-corrected chi connectivity index (χ2v) is 4.29. The highest BCUT2D eigenvalue weighted by molar-refractivity contribution is 5.80. The maximum Gasteiger partial charge on any atom is 0.323 e. The molecule has 100 valence electrons. The Kier molecular flexibility index (Phi) is 4.70. The molecule has 1 aromatic rings. The predicted octanol–water partition coefficient (Wildman–Crippen LogP) is 0.723. The molecule has 1 heterocycles. The fourth-order valence-corrected chi connectivity index (χ4v) is 1.46. The number of carbonyl (C=O) groups is 2. The van der Waals surface area contributed by atoms with Crippen molar-refractivity contribution in [2.24, 2.45) is 0 Å². The normalized spacial score (nSPS) is 10.4. The first-order valence-corrected chi connectivity index (χ1v) is 5.67. The summed E-state index contributed by atoms with van der Waals surface area (Å²) in [6.45, 7) is 5.40. The first-order valence-electron chi connectivity index (χ1n) is 5.67. The number of amides is 2. The number of aromatic amines is 1. The van der Waals surface area contributed by atoms with Crippen LogP contribution in [0.3, 0.4) is 0 Å². The number of rotatable bonds is 5. The standard InChI is InChI=1S/C11H18N4O3/c1-7(2)15(6-10(16)17)11(18)12-4-9-5-13-14-8(9)3/h5,7H,4,6H2,1-3H3,(H,12,18)(H,13,14)(H,16,17). The summed E-state index contributed by atoms with van der Waals surface area (Å²) in [5.74, 6) is -1.03. The van der Waals surface area contributed by atoms with Gasteiger partial charge in [-0.15, -0.1) is 0 Å². The summed E-state index contributed by atoms with van der Waals surface area (Å²) in [6.07, 6.45) is 1.63. The number of nitrogens with zero attached hydrogens (tertiary/aromatic N) is 2. The molecule has 7 nitrogen and oxygen atoms in total. The molecule has 0 saturated heterocycles. The maximum atomic E-state index is 11.8. The third kappa shape index (κ3) is 3.76. The Hall–Kier alpha value is -2.05. The molecule has 0 atom stereocenters. The van der Waals surface area contributed by atoms with Crippen molar-refractivity contribution in [1.29, 1.82) is 0 Å². The van der Waals surface area contributed by atoms with Crippen LogP contribution in [0.25, 0.3) is 0 Å². The van der Waals surface area contributed by atoms with Crippen molar-refractivity contribution in [1.82, 2.24) is 20.4 Å². The zero-order valence-electron chi connectivity index (χ0n) is 10.7. The van der Waals surface area contributed by atoms with Crippen LogP contribution < -0.4 is 5.32 Å². The quantitative estimate of drug-likeness (QED) is 0.721. The SMILES string of the molecule is Cc1[nH]ncc1CNC(=O)N(CC(=O)O)C(C)C. The molecule has 1 rings (SSSR count). The summed E-state index contributed by atoms with van der Waals surface area (Å²) in [6, 6.07) is -0.570. The van der Waals surface area contributed by atoms with Crippen LogP contribution in [0.2, 0.25) is 0 Å². The van der Waals surface area contributed by atoms with Crippen LogP contribution in [-0.4, -0.2) is 44.8 Å². The Morgan fingerprint density at radius 2 is 2.22 bits per heavy atom. The Morgan fingerprint density at radius 1 is 1.56 bits per heavy atom. The highest BCUT2D eigenvalue weighted by atomic mass is 16.4. The second kappa shape index (κ2) is 6.04. The molecule has 0 aromatic carbocycles. The van der Waals surface area contributed by atoms with Gasteiger partial charge in [-0.25, -0.2) is 4.79 Å². The molecular formula is C11H18N4O3. The minimum Gasteiger partial charge on any atom is -0.480 e. The number of carboxylic acid groups (broad SMARTS) is 1. The fourth-order valence-electron chi connectivity index (χ4n) is 1.46. The number of aromatic nitrogens is 2. The van der Waals surface area contributed by atoms with Crippen LogP contribution in [-0.2, 0) is 11.3 Å². The molecule has 0 radical (unpaired) electrons. The number of hydrogen-bond donors (Lipinski definition) is 3. The zero-order valence-corrected chi connectivity index (χ0v) is 10.7. The number of carbonyl (C=O) groups excluding carboxylic acids is 1. The van der Waals surface area contributed by atoms with Crippen LogP contribution in [0, 0.1) is 6.92 Å². The molecule has 0 saturated carbocycles. The average Bonchev–Trinajstić information content (AvgIpc) is 2.68. The smallest absolute Gasteiger partial charge is 0.323 e. The van der Waals surface area contributed by atoms with Crippen molar-refractivity contribution >= 4 is 12.0 Å². The molecule has 0 fully saturated rings. The van der Waals surface area contributed by atoms with E-state index in [2.05, 4.69) is 15.5 Å². The van der Waals surface area contributed by atoms with Gasteiger partial charge in [0.25, 0.3) is 0 Å². The van der Waals surface area contributed by atoms with E-state index in [0.29, 0.717) is 6.54 Å². The third-order valence-corrected chi connectivity index (χ3v) is 2.55.